The molecule has 0 bridgehead atoms. The molecule has 0 aromatic rings. The molecule has 4 nitrogen and oxygen atoms in total. The number of nitrogens with zero attached hydrogens (tertiary/aromatic N) is 1. The average Bonchev–Trinajstić information content (AvgIpc) is 2.32. The first-order chi connectivity index (χ1) is 9.20. The highest BCUT2D eigenvalue weighted by Gasteiger charge is 2.30. The highest BCUT2D eigenvalue weighted by molar-refractivity contribution is 5.79. The normalized spacial score (nSPS) is 25.6. The minimum absolute atomic E-state index is 0.101. The van der Waals surface area contributed by atoms with Crippen molar-refractivity contribution in [3.63, 3.8) is 0 Å². The van der Waals surface area contributed by atoms with Gasteiger partial charge in [0.1, 0.15) is 0 Å². The lowest BCUT2D eigenvalue weighted by atomic mass is 9.83. The minimum atomic E-state index is 0.101. The van der Waals surface area contributed by atoms with E-state index in [1.54, 1.807) is 0 Å². The molecule has 1 unspecified atom stereocenters. The average molecular weight is 283 g/mol. The molecule has 1 amide bonds. The van der Waals surface area contributed by atoms with Crippen molar-refractivity contribution >= 4 is 5.91 Å². The molecular weight excluding hydrogens is 250 g/mol. The molecule has 1 fully saturated rings. The van der Waals surface area contributed by atoms with Crippen LogP contribution in [0.5, 0.6) is 0 Å². The second-order valence-corrected chi connectivity index (χ2v) is 7.60. The van der Waals surface area contributed by atoms with E-state index in [1.165, 1.54) is 0 Å². The predicted octanol–water partition coefficient (Wildman–Crippen LogP) is 1.86. The maximum absolute atomic E-state index is 12.5. The molecule has 2 N–H and O–H groups in total. The number of carbonyl (C=O) groups excluding carboxylic acids is 1. The molecule has 1 rings (SSSR count). The van der Waals surface area contributed by atoms with Crippen molar-refractivity contribution in [2.24, 2.45) is 11.3 Å². The Morgan fingerprint density at radius 2 is 2.05 bits per heavy atom. The molecule has 3 atom stereocenters. The van der Waals surface area contributed by atoms with Crippen LogP contribution in [0.15, 0.2) is 0 Å². The Hall–Kier alpha value is -0.610. The number of amides is 1. The van der Waals surface area contributed by atoms with Crippen LogP contribution in [0.25, 0.3) is 0 Å². The van der Waals surface area contributed by atoms with Gasteiger partial charge in [0, 0.05) is 18.0 Å². The van der Waals surface area contributed by atoms with Gasteiger partial charge < -0.3 is 15.5 Å². The molecule has 20 heavy (non-hydrogen) atoms. The van der Waals surface area contributed by atoms with Crippen molar-refractivity contribution in [3.8, 4) is 0 Å². The molecular formula is C16H33N3O. The zero-order valence-corrected chi connectivity index (χ0v) is 14.1. The SMILES string of the molecule is C[C@H]1C[C@@H](C(=O)NC(CCN(C)C)C(C)(C)C)CCN1. The van der Waals surface area contributed by atoms with Gasteiger partial charge in [0.2, 0.25) is 5.91 Å². The van der Waals surface area contributed by atoms with E-state index in [4.69, 9.17) is 0 Å². The van der Waals surface area contributed by atoms with Crippen LogP contribution >= 0.6 is 0 Å². The zero-order valence-electron chi connectivity index (χ0n) is 14.1. The van der Waals surface area contributed by atoms with Gasteiger partial charge in [-0.1, -0.05) is 20.8 Å². The maximum atomic E-state index is 12.5. The molecule has 0 aromatic heterocycles. The Morgan fingerprint density at radius 3 is 2.55 bits per heavy atom. The maximum Gasteiger partial charge on any atom is 0.223 e. The Kier molecular flexibility index (Phi) is 6.46. The third kappa shape index (κ3) is 5.80. The number of piperidine rings is 1. The van der Waals surface area contributed by atoms with Crippen molar-refractivity contribution in [2.75, 3.05) is 27.2 Å². The second-order valence-electron chi connectivity index (χ2n) is 7.60. The van der Waals surface area contributed by atoms with Crippen molar-refractivity contribution in [1.29, 1.82) is 0 Å². The van der Waals surface area contributed by atoms with Crippen molar-refractivity contribution in [2.45, 2.75) is 59.0 Å². The van der Waals surface area contributed by atoms with Crippen LogP contribution in [-0.4, -0.2) is 50.1 Å². The smallest absolute Gasteiger partial charge is 0.223 e. The summed E-state index contributed by atoms with van der Waals surface area (Å²) in [6, 6.07) is 0.692. The van der Waals surface area contributed by atoms with E-state index in [0.29, 0.717) is 6.04 Å². The molecule has 1 saturated heterocycles. The Balaban J connectivity index is 2.57. The van der Waals surface area contributed by atoms with E-state index in [1.807, 2.05) is 0 Å². The van der Waals surface area contributed by atoms with Crippen molar-refractivity contribution < 1.29 is 4.79 Å². The van der Waals surface area contributed by atoms with Crippen LogP contribution in [0.1, 0.15) is 47.0 Å². The quantitative estimate of drug-likeness (QED) is 0.809. The Morgan fingerprint density at radius 1 is 1.40 bits per heavy atom. The van der Waals surface area contributed by atoms with Crippen molar-refractivity contribution in [3.05, 3.63) is 0 Å². The van der Waals surface area contributed by atoms with Crippen LogP contribution in [0, 0.1) is 11.3 Å². The highest BCUT2D eigenvalue weighted by Crippen LogP contribution is 2.24. The summed E-state index contributed by atoms with van der Waals surface area (Å²) < 4.78 is 0. The van der Waals surface area contributed by atoms with E-state index < -0.39 is 0 Å². The molecule has 1 aliphatic heterocycles. The van der Waals surface area contributed by atoms with Gasteiger partial charge in [-0.05, 0) is 58.8 Å². The third-order valence-corrected chi connectivity index (χ3v) is 4.22. The summed E-state index contributed by atoms with van der Waals surface area (Å²) >= 11 is 0. The molecule has 0 radical (unpaired) electrons. The summed E-state index contributed by atoms with van der Waals surface area (Å²) in [4.78, 5) is 14.7. The summed E-state index contributed by atoms with van der Waals surface area (Å²) in [5.41, 5.74) is 0.101. The molecule has 4 heteroatoms. The predicted molar refractivity (Wildman–Crippen MR) is 84.7 cm³/mol. The molecule has 0 aromatic carbocycles. The summed E-state index contributed by atoms with van der Waals surface area (Å²) in [6.07, 6.45) is 2.92. The molecule has 1 heterocycles. The van der Waals surface area contributed by atoms with E-state index >= 15 is 0 Å². The van der Waals surface area contributed by atoms with Crippen LogP contribution in [0.3, 0.4) is 0 Å². The lowest BCUT2D eigenvalue weighted by Crippen LogP contribution is -2.49. The Labute approximate surface area is 124 Å². The van der Waals surface area contributed by atoms with E-state index in [0.717, 1.165) is 32.4 Å². The first kappa shape index (κ1) is 17.4. The zero-order chi connectivity index (χ0) is 15.3. The van der Waals surface area contributed by atoms with Crippen LogP contribution in [0.4, 0.5) is 0 Å². The fourth-order valence-electron chi connectivity index (χ4n) is 2.77. The molecule has 0 saturated carbocycles. The largest absolute Gasteiger partial charge is 0.353 e. The topological polar surface area (TPSA) is 44.4 Å². The van der Waals surface area contributed by atoms with E-state index in [9.17, 15) is 4.79 Å². The summed E-state index contributed by atoms with van der Waals surface area (Å²) in [5, 5.41) is 6.71. The summed E-state index contributed by atoms with van der Waals surface area (Å²) in [7, 11) is 4.16. The lowest BCUT2D eigenvalue weighted by Gasteiger charge is -2.35. The van der Waals surface area contributed by atoms with Gasteiger partial charge in [0.25, 0.3) is 0 Å². The minimum Gasteiger partial charge on any atom is -0.353 e. The van der Waals surface area contributed by atoms with Crippen molar-refractivity contribution in [1.82, 2.24) is 15.5 Å². The number of nitrogens with one attached hydrogen (secondary N) is 2. The van der Waals surface area contributed by atoms with Gasteiger partial charge in [0.15, 0.2) is 0 Å². The monoisotopic (exact) mass is 283 g/mol. The summed E-state index contributed by atoms with van der Waals surface area (Å²) in [5.74, 6) is 0.424. The lowest BCUT2D eigenvalue weighted by molar-refractivity contribution is -0.127. The van der Waals surface area contributed by atoms with E-state index in [2.05, 4.69) is 57.3 Å². The molecule has 1 aliphatic rings. The Bertz CT molecular complexity index is 309. The third-order valence-electron chi connectivity index (χ3n) is 4.22. The van der Waals surface area contributed by atoms with E-state index in [-0.39, 0.29) is 23.3 Å². The number of rotatable bonds is 5. The van der Waals surface area contributed by atoms with Gasteiger partial charge in [-0.15, -0.1) is 0 Å². The number of carbonyl (C=O) groups is 1. The molecule has 0 spiro atoms. The van der Waals surface area contributed by atoms with Crippen LogP contribution in [-0.2, 0) is 4.79 Å². The number of hydrogen-bond donors (Lipinski definition) is 2. The molecule has 118 valence electrons. The second kappa shape index (κ2) is 7.41. The summed E-state index contributed by atoms with van der Waals surface area (Å²) in [6.45, 7) is 10.7. The standard InChI is InChI=1S/C16H33N3O/c1-12-11-13(7-9-17-12)15(20)18-14(16(2,3)4)8-10-19(5)6/h12-14,17H,7-11H2,1-6H3,(H,18,20)/t12-,13-,14?/m0/s1. The first-order valence-electron chi connectivity index (χ1n) is 7.88. The highest BCUT2D eigenvalue weighted by atomic mass is 16.2. The fourth-order valence-corrected chi connectivity index (χ4v) is 2.77. The van der Waals surface area contributed by atoms with Crippen LogP contribution < -0.4 is 10.6 Å². The van der Waals surface area contributed by atoms with Crippen LogP contribution in [0.2, 0.25) is 0 Å². The fraction of sp³-hybridized carbons (Fsp3) is 0.938. The van der Waals surface area contributed by atoms with Gasteiger partial charge in [0.05, 0.1) is 0 Å². The van der Waals surface area contributed by atoms with Gasteiger partial charge in [-0.3, -0.25) is 4.79 Å². The molecule has 0 aliphatic carbocycles. The first-order valence-corrected chi connectivity index (χ1v) is 7.88. The van der Waals surface area contributed by atoms with Gasteiger partial charge in [-0.25, -0.2) is 0 Å². The van der Waals surface area contributed by atoms with Gasteiger partial charge >= 0.3 is 0 Å². The number of hydrogen-bond acceptors (Lipinski definition) is 3. The van der Waals surface area contributed by atoms with Gasteiger partial charge in [-0.2, -0.15) is 0 Å².